The molecule has 3 heterocycles. The molecule has 0 saturated carbocycles. The van der Waals surface area contributed by atoms with Crippen LogP contribution in [0.3, 0.4) is 0 Å². The Balaban J connectivity index is 1.64. The van der Waals surface area contributed by atoms with E-state index >= 15 is 0 Å². The highest BCUT2D eigenvalue weighted by molar-refractivity contribution is 7.16. The van der Waals surface area contributed by atoms with Gasteiger partial charge in [0.2, 0.25) is 5.91 Å². The van der Waals surface area contributed by atoms with Crippen LogP contribution in [-0.4, -0.2) is 51.2 Å². The van der Waals surface area contributed by atoms with Gasteiger partial charge in [0, 0.05) is 38.6 Å². The van der Waals surface area contributed by atoms with E-state index in [1.807, 2.05) is 16.8 Å². The first kappa shape index (κ1) is 17.4. The van der Waals surface area contributed by atoms with Crippen LogP contribution in [0.15, 0.2) is 18.2 Å². The largest absolute Gasteiger partial charge is 0.386 e. The number of amides is 1. The molecule has 1 N–H and O–H groups in total. The molecule has 1 atom stereocenters. The maximum atomic E-state index is 11.7. The lowest BCUT2D eigenvalue weighted by atomic mass is 10.1. The number of thiophene rings is 1. The predicted molar refractivity (Wildman–Crippen MR) is 93.9 cm³/mol. The van der Waals surface area contributed by atoms with E-state index in [-0.39, 0.29) is 12.3 Å². The molecule has 24 heavy (non-hydrogen) atoms. The zero-order chi connectivity index (χ0) is 17.3. The van der Waals surface area contributed by atoms with Gasteiger partial charge in [0.15, 0.2) is 0 Å². The van der Waals surface area contributed by atoms with E-state index in [0.29, 0.717) is 5.69 Å². The SMILES string of the molecule is CN(C)C(=O)C[C@H](O)c1cc2n(n1)CCN(Cc1ccc(Cl)s1)C2. The molecule has 1 aliphatic heterocycles. The summed E-state index contributed by atoms with van der Waals surface area (Å²) in [5.74, 6) is -0.107. The molecular formula is C16H21ClN4O2S. The molecule has 1 amide bonds. The van der Waals surface area contributed by atoms with Crippen molar-refractivity contribution in [2.75, 3.05) is 20.6 Å². The minimum absolute atomic E-state index is 0.0564. The van der Waals surface area contributed by atoms with Crippen molar-refractivity contribution < 1.29 is 9.90 Å². The van der Waals surface area contributed by atoms with Crippen molar-refractivity contribution in [3.05, 3.63) is 38.8 Å². The third-order valence-electron chi connectivity index (χ3n) is 4.11. The van der Waals surface area contributed by atoms with E-state index in [0.717, 1.165) is 36.2 Å². The second-order valence-corrected chi connectivity index (χ2v) is 8.01. The quantitative estimate of drug-likeness (QED) is 0.878. The fourth-order valence-corrected chi connectivity index (χ4v) is 3.88. The molecule has 2 aromatic heterocycles. The predicted octanol–water partition coefficient (Wildman–Crippen LogP) is 2.13. The molecule has 0 spiro atoms. The van der Waals surface area contributed by atoms with Gasteiger partial charge in [-0.15, -0.1) is 11.3 Å². The number of carbonyl (C=O) groups excluding carboxylic acids is 1. The van der Waals surface area contributed by atoms with Crippen molar-refractivity contribution in [2.24, 2.45) is 0 Å². The van der Waals surface area contributed by atoms with Crippen LogP contribution in [0.1, 0.15) is 28.8 Å². The fraction of sp³-hybridized carbons (Fsp3) is 0.500. The first-order valence-corrected chi connectivity index (χ1v) is 9.03. The molecule has 130 valence electrons. The van der Waals surface area contributed by atoms with Gasteiger partial charge >= 0.3 is 0 Å². The number of hydrogen-bond acceptors (Lipinski definition) is 5. The summed E-state index contributed by atoms with van der Waals surface area (Å²) < 4.78 is 2.74. The van der Waals surface area contributed by atoms with Crippen LogP contribution in [0.2, 0.25) is 4.34 Å². The van der Waals surface area contributed by atoms with Crippen LogP contribution in [0, 0.1) is 0 Å². The Hall–Kier alpha value is -1.41. The maximum absolute atomic E-state index is 11.7. The van der Waals surface area contributed by atoms with E-state index in [9.17, 15) is 9.90 Å². The van der Waals surface area contributed by atoms with Crippen LogP contribution in [0.25, 0.3) is 0 Å². The zero-order valence-corrected chi connectivity index (χ0v) is 15.3. The Morgan fingerprint density at radius 2 is 2.25 bits per heavy atom. The number of fused-ring (bicyclic) bond motifs is 1. The summed E-state index contributed by atoms with van der Waals surface area (Å²) in [6.45, 7) is 3.32. The monoisotopic (exact) mass is 368 g/mol. The molecule has 0 bridgehead atoms. The Labute approximate surface area is 150 Å². The molecule has 0 aromatic carbocycles. The van der Waals surface area contributed by atoms with Crippen LogP contribution < -0.4 is 0 Å². The molecule has 1 aliphatic rings. The van der Waals surface area contributed by atoms with Gasteiger partial charge in [-0.1, -0.05) is 11.6 Å². The van der Waals surface area contributed by atoms with Crippen molar-refractivity contribution in [1.29, 1.82) is 0 Å². The summed E-state index contributed by atoms with van der Waals surface area (Å²) in [5.41, 5.74) is 1.64. The lowest BCUT2D eigenvalue weighted by molar-refractivity contribution is -0.130. The van der Waals surface area contributed by atoms with E-state index in [1.54, 1.807) is 25.4 Å². The van der Waals surface area contributed by atoms with E-state index < -0.39 is 6.10 Å². The van der Waals surface area contributed by atoms with Gasteiger partial charge in [-0.2, -0.15) is 5.10 Å². The summed E-state index contributed by atoms with van der Waals surface area (Å²) in [7, 11) is 3.36. The highest BCUT2D eigenvalue weighted by Gasteiger charge is 2.23. The van der Waals surface area contributed by atoms with Gasteiger partial charge in [-0.25, -0.2) is 0 Å². The molecule has 6 nitrogen and oxygen atoms in total. The average Bonchev–Trinajstić information content (AvgIpc) is 3.12. The van der Waals surface area contributed by atoms with Crippen LogP contribution in [0.5, 0.6) is 0 Å². The minimum Gasteiger partial charge on any atom is -0.386 e. The van der Waals surface area contributed by atoms with Crippen molar-refractivity contribution in [3.63, 3.8) is 0 Å². The van der Waals surface area contributed by atoms with Crippen molar-refractivity contribution in [1.82, 2.24) is 19.6 Å². The van der Waals surface area contributed by atoms with Crippen molar-refractivity contribution in [2.45, 2.75) is 32.2 Å². The first-order chi connectivity index (χ1) is 11.4. The Kier molecular flexibility index (Phi) is 5.24. The molecule has 3 rings (SSSR count). The third-order valence-corrected chi connectivity index (χ3v) is 5.33. The number of rotatable bonds is 5. The summed E-state index contributed by atoms with van der Waals surface area (Å²) in [5, 5.41) is 14.7. The highest BCUT2D eigenvalue weighted by atomic mass is 35.5. The second kappa shape index (κ2) is 7.23. The van der Waals surface area contributed by atoms with Gasteiger partial charge in [-0.3, -0.25) is 14.4 Å². The fourth-order valence-electron chi connectivity index (χ4n) is 2.75. The average molecular weight is 369 g/mol. The molecule has 0 aliphatic carbocycles. The molecule has 0 unspecified atom stereocenters. The number of aliphatic hydroxyl groups excluding tert-OH is 1. The molecular weight excluding hydrogens is 348 g/mol. The van der Waals surface area contributed by atoms with Gasteiger partial charge in [0.25, 0.3) is 0 Å². The maximum Gasteiger partial charge on any atom is 0.225 e. The van der Waals surface area contributed by atoms with E-state index in [2.05, 4.69) is 16.1 Å². The first-order valence-electron chi connectivity index (χ1n) is 7.84. The lowest BCUT2D eigenvalue weighted by Gasteiger charge is -2.26. The van der Waals surface area contributed by atoms with Crippen molar-refractivity contribution in [3.8, 4) is 0 Å². The topological polar surface area (TPSA) is 61.6 Å². The summed E-state index contributed by atoms with van der Waals surface area (Å²) >= 11 is 7.59. The summed E-state index contributed by atoms with van der Waals surface area (Å²) in [6.07, 6.45) is -0.802. The minimum atomic E-state index is -0.859. The van der Waals surface area contributed by atoms with E-state index in [1.165, 1.54) is 9.78 Å². The highest BCUT2D eigenvalue weighted by Crippen LogP contribution is 2.25. The number of carbonyl (C=O) groups is 1. The van der Waals surface area contributed by atoms with Crippen molar-refractivity contribution >= 4 is 28.8 Å². The van der Waals surface area contributed by atoms with E-state index in [4.69, 9.17) is 11.6 Å². The smallest absolute Gasteiger partial charge is 0.225 e. The molecule has 2 aromatic rings. The normalized spacial score (nSPS) is 16.0. The zero-order valence-electron chi connectivity index (χ0n) is 13.8. The number of aromatic nitrogens is 2. The van der Waals surface area contributed by atoms with Crippen LogP contribution in [-0.2, 0) is 24.4 Å². The lowest BCUT2D eigenvalue weighted by Crippen LogP contribution is -2.33. The molecule has 8 heteroatoms. The number of hydrogen-bond donors (Lipinski definition) is 1. The van der Waals surface area contributed by atoms with Gasteiger partial charge in [0.1, 0.15) is 6.10 Å². The Morgan fingerprint density at radius 1 is 1.46 bits per heavy atom. The summed E-state index contributed by atoms with van der Waals surface area (Å²) in [6, 6.07) is 5.88. The van der Waals surface area contributed by atoms with Gasteiger partial charge < -0.3 is 10.0 Å². The van der Waals surface area contributed by atoms with Crippen LogP contribution >= 0.6 is 22.9 Å². The molecule has 0 radical (unpaired) electrons. The number of nitrogens with zero attached hydrogens (tertiary/aromatic N) is 4. The Bertz CT molecular complexity index is 727. The van der Waals surface area contributed by atoms with Gasteiger partial charge in [-0.05, 0) is 18.2 Å². The van der Waals surface area contributed by atoms with Crippen LogP contribution in [0.4, 0.5) is 0 Å². The second-order valence-electron chi connectivity index (χ2n) is 6.21. The standard InChI is InChI=1S/C16H21ClN4O2S/c1-19(2)16(23)8-14(22)13-7-11-9-20(5-6-21(11)18-13)10-12-3-4-15(17)24-12/h3-4,7,14,22H,5-6,8-10H2,1-2H3/t14-/m0/s1. The number of halogens is 1. The number of aliphatic hydroxyl groups is 1. The molecule has 0 fully saturated rings. The van der Waals surface area contributed by atoms with Gasteiger partial charge in [0.05, 0.1) is 28.7 Å². The Morgan fingerprint density at radius 3 is 2.92 bits per heavy atom. The third kappa shape index (κ3) is 3.97. The summed E-state index contributed by atoms with van der Waals surface area (Å²) in [4.78, 5) is 16.8. The molecule has 0 saturated heterocycles.